The van der Waals surface area contributed by atoms with Crippen molar-refractivity contribution >= 4 is 34.1 Å². The highest BCUT2D eigenvalue weighted by molar-refractivity contribution is 6.39. The van der Waals surface area contributed by atoms with Gasteiger partial charge in [-0.3, -0.25) is 9.36 Å². The first kappa shape index (κ1) is 18.7. The van der Waals surface area contributed by atoms with E-state index in [1.807, 2.05) is 0 Å². The summed E-state index contributed by atoms with van der Waals surface area (Å²) in [5.41, 5.74) is 0.864. The normalized spacial score (nSPS) is 11.2. The molecule has 3 aromatic rings. The van der Waals surface area contributed by atoms with Crippen molar-refractivity contribution in [3.05, 3.63) is 67.9 Å². The van der Waals surface area contributed by atoms with Crippen molar-refractivity contribution in [2.75, 3.05) is 0 Å². The van der Waals surface area contributed by atoms with Crippen LogP contribution < -0.4 is 5.56 Å². The summed E-state index contributed by atoms with van der Waals surface area (Å²) in [6.45, 7) is 0. The second-order valence-corrected chi connectivity index (χ2v) is 6.95. The minimum atomic E-state index is -0.319. The van der Waals surface area contributed by atoms with Gasteiger partial charge in [0, 0.05) is 13.5 Å². The molecule has 0 spiro atoms. The third-order valence-corrected chi connectivity index (χ3v) is 4.94. The molecule has 1 N–H and O–H groups in total. The number of unbranched alkanes of at least 4 members (excludes halogenated alkanes) is 1. The molecule has 1 heterocycles. The van der Waals surface area contributed by atoms with Crippen LogP contribution in [0.4, 0.5) is 4.39 Å². The van der Waals surface area contributed by atoms with Gasteiger partial charge in [0.05, 0.1) is 15.4 Å². The number of aromatic nitrogens is 2. The molecule has 26 heavy (non-hydrogen) atoms. The lowest BCUT2D eigenvalue weighted by atomic mass is 10.1. The van der Waals surface area contributed by atoms with Crippen molar-refractivity contribution in [2.45, 2.75) is 25.7 Å². The monoisotopic (exact) mass is 394 g/mol. The van der Waals surface area contributed by atoms with Crippen LogP contribution in [0, 0.1) is 5.82 Å². The molecule has 0 saturated heterocycles. The minimum Gasteiger partial charge on any atom is -0.504 e. The molecule has 0 fully saturated rings. The van der Waals surface area contributed by atoms with Crippen molar-refractivity contribution in [3.63, 3.8) is 0 Å². The molecular weight excluding hydrogens is 378 g/mol. The summed E-state index contributed by atoms with van der Waals surface area (Å²) in [5.74, 6) is 0.0628. The Balaban J connectivity index is 1.79. The Morgan fingerprint density at radius 2 is 1.77 bits per heavy atom. The second kappa shape index (κ2) is 7.64. The lowest BCUT2D eigenvalue weighted by Gasteiger charge is -2.11. The maximum atomic E-state index is 12.9. The largest absolute Gasteiger partial charge is 0.504 e. The van der Waals surface area contributed by atoms with Gasteiger partial charge in [-0.15, -0.1) is 0 Å². The van der Waals surface area contributed by atoms with Crippen molar-refractivity contribution in [3.8, 4) is 5.75 Å². The summed E-state index contributed by atoms with van der Waals surface area (Å²) in [6.07, 6.45) is 3.03. The van der Waals surface area contributed by atoms with Gasteiger partial charge in [0.25, 0.3) is 5.56 Å². The summed E-state index contributed by atoms with van der Waals surface area (Å²) in [4.78, 5) is 17.0. The summed E-state index contributed by atoms with van der Waals surface area (Å²) >= 11 is 12.0. The van der Waals surface area contributed by atoms with Crippen molar-refractivity contribution in [1.82, 2.24) is 9.55 Å². The summed E-state index contributed by atoms with van der Waals surface area (Å²) in [7, 11) is 1.63. The molecule has 1 aromatic heterocycles. The first-order valence-electron chi connectivity index (χ1n) is 8.19. The Labute approximate surface area is 159 Å². The predicted octanol–water partition coefficient (Wildman–Crippen LogP) is 4.65. The zero-order valence-corrected chi connectivity index (χ0v) is 15.6. The molecule has 0 atom stereocenters. The fourth-order valence-electron chi connectivity index (χ4n) is 2.88. The molecule has 0 aliphatic rings. The molecule has 3 rings (SSSR count). The maximum absolute atomic E-state index is 12.9. The van der Waals surface area contributed by atoms with Gasteiger partial charge in [-0.25, -0.2) is 9.37 Å². The molecule has 0 radical (unpaired) electrons. The Hall–Kier alpha value is -2.11. The van der Waals surface area contributed by atoms with E-state index >= 15 is 0 Å². The number of hydrogen-bond donors (Lipinski definition) is 1. The van der Waals surface area contributed by atoms with E-state index < -0.39 is 0 Å². The van der Waals surface area contributed by atoms with Crippen molar-refractivity contribution < 1.29 is 9.50 Å². The van der Waals surface area contributed by atoms with Crippen LogP contribution >= 0.6 is 23.2 Å². The molecule has 0 aliphatic carbocycles. The highest BCUT2D eigenvalue weighted by atomic mass is 35.5. The minimum absolute atomic E-state index is 0.0607. The number of aryl methyl sites for hydroxylation is 2. The van der Waals surface area contributed by atoms with Crippen LogP contribution in [-0.4, -0.2) is 14.7 Å². The average Bonchev–Trinajstić information content (AvgIpc) is 2.61. The molecule has 136 valence electrons. The van der Waals surface area contributed by atoms with Crippen LogP contribution in [0.1, 0.15) is 24.2 Å². The number of halogens is 3. The van der Waals surface area contributed by atoms with E-state index in [9.17, 15) is 14.3 Å². The van der Waals surface area contributed by atoms with Crippen LogP contribution in [-0.2, 0) is 19.9 Å². The van der Waals surface area contributed by atoms with E-state index in [-0.39, 0.29) is 38.1 Å². The van der Waals surface area contributed by atoms with Crippen LogP contribution in [0.2, 0.25) is 10.0 Å². The smallest absolute Gasteiger partial charge is 0.262 e. The molecule has 0 unspecified atom stereocenters. The van der Waals surface area contributed by atoms with Gasteiger partial charge in [0.15, 0.2) is 5.75 Å². The van der Waals surface area contributed by atoms with E-state index in [2.05, 4.69) is 4.98 Å². The van der Waals surface area contributed by atoms with Crippen molar-refractivity contribution in [2.24, 2.45) is 7.05 Å². The summed E-state index contributed by atoms with van der Waals surface area (Å²) in [6, 6.07) is 7.76. The number of hydrogen-bond acceptors (Lipinski definition) is 3. The Morgan fingerprint density at radius 1 is 1.12 bits per heavy atom. The molecule has 2 aromatic carbocycles. The molecule has 7 heteroatoms. The third-order valence-electron chi connectivity index (χ3n) is 4.36. The van der Waals surface area contributed by atoms with E-state index in [0.717, 1.165) is 24.8 Å². The number of fused-ring (bicyclic) bond motifs is 1. The quantitative estimate of drug-likeness (QED) is 0.640. The number of nitrogens with zero attached hydrogens (tertiary/aromatic N) is 2. The van der Waals surface area contributed by atoms with Gasteiger partial charge in [0.2, 0.25) is 0 Å². The lowest BCUT2D eigenvalue weighted by Crippen LogP contribution is -2.22. The highest BCUT2D eigenvalue weighted by Crippen LogP contribution is 2.34. The number of phenols is 1. The van der Waals surface area contributed by atoms with E-state index in [0.29, 0.717) is 12.2 Å². The molecule has 0 saturated carbocycles. The Morgan fingerprint density at radius 3 is 2.46 bits per heavy atom. The second-order valence-electron chi connectivity index (χ2n) is 6.14. The molecular formula is C19H17Cl2FN2O2. The van der Waals surface area contributed by atoms with Gasteiger partial charge >= 0.3 is 0 Å². The maximum Gasteiger partial charge on any atom is 0.262 e. The van der Waals surface area contributed by atoms with Crippen molar-refractivity contribution in [1.29, 1.82) is 0 Å². The van der Waals surface area contributed by atoms with E-state index in [1.54, 1.807) is 19.2 Å². The number of phenolic OH excluding ortho intramolecular Hbond substituents is 1. The molecule has 0 bridgehead atoms. The fourth-order valence-corrected chi connectivity index (χ4v) is 3.42. The van der Waals surface area contributed by atoms with Crippen LogP contribution in [0.3, 0.4) is 0 Å². The highest BCUT2D eigenvalue weighted by Gasteiger charge is 2.17. The van der Waals surface area contributed by atoms with Gasteiger partial charge in [-0.2, -0.15) is 0 Å². The Kier molecular flexibility index (Phi) is 5.49. The van der Waals surface area contributed by atoms with Crippen LogP contribution in [0.25, 0.3) is 10.9 Å². The van der Waals surface area contributed by atoms with Crippen LogP contribution in [0.5, 0.6) is 5.75 Å². The zero-order chi connectivity index (χ0) is 18.8. The molecule has 0 aliphatic heterocycles. The van der Waals surface area contributed by atoms with Gasteiger partial charge in [-0.05, 0) is 43.0 Å². The number of aromatic hydroxyl groups is 1. The van der Waals surface area contributed by atoms with Gasteiger partial charge in [0.1, 0.15) is 17.2 Å². The fraction of sp³-hybridized carbons (Fsp3) is 0.263. The number of benzene rings is 2. The van der Waals surface area contributed by atoms with E-state index in [4.69, 9.17) is 23.2 Å². The zero-order valence-electron chi connectivity index (χ0n) is 14.1. The summed E-state index contributed by atoms with van der Waals surface area (Å²) in [5, 5.41) is 10.5. The molecule has 0 amide bonds. The SMILES string of the molecule is Cn1c(CCCCc2ccc(F)cc2)nc2c(O)c(Cl)cc(Cl)c2c1=O. The lowest BCUT2D eigenvalue weighted by molar-refractivity contribution is 0.480. The Bertz CT molecular complexity index is 1020. The van der Waals surface area contributed by atoms with Gasteiger partial charge < -0.3 is 5.11 Å². The predicted molar refractivity (Wildman–Crippen MR) is 102 cm³/mol. The molecule has 4 nitrogen and oxygen atoms in total. The third kappa shape index (κ3) is 3.69. The first-order chi connectivity index (χ1) is 12.4. The first-order valence-corrected chi connectivity index (χ1v) is 8.95. The average molecular weight is 395 g/mol. The van der Waals surface area contributed by atoms with E-state index in [1.165, 1.54) is 22.8 Å². The van der Waals surface area contributed by atoms with Gasteiger partial charge in [-0.1, -0.05) is 35.3 Å². The summed E-state index contributed by atoms with van der Waals surface area (Å²) < 4.78 is 14.4. The van der Waals surface area contributed by atoms with Crippen LogP contribution in [0.15, 0.2) is 35.1 Å². The topological polar surface area (TPSA) is 55.1 Å². The standard InChI is InChI=1S/C19H17Cl2FN2O2/c1-24-15(5-3-2-4-11-6-8-12(22)9-7-11)23-17-16(19(24)26)13(20)10-14(21)18(17)25/h6-10,25H,2-5H2,1H3. The number of rotatable bonds is 5.